The smallest absolute Gasteiger partial charge is 0.305 e. The molecule has 0 amide bonds. The molecule has 1 aliphatic carbocycles. The molecular weight excluding hydrogens is 468 g/mol. The Hall–Kier alpha value is -0.696. The highest BCUT2D eigenvalue weighted by atomic mass is 28.4. The summed E-state index contributed by atoms with van der Waals surface area (Å²) in [4.78, 5) is 11.4. The largest absolute Gasteiger partial charge is 0.469 e. The second-order valence-corrected chi connectivity index (χ2v) is 22.9. The highest BCUT2D eigenvalue weighted by Crippen LogP contribution is 2.46. The topological polar surface area (TPSA) is 44.8 Å². The monoisotopic (exact) mass is 524 g/mol. The molecule has 1 aliphatic rings. The zero-order chi connectivity index (χ0) is 27.1. The van der Waals surface area contributed by atoms with Gasteiger partial charge < -0.3 is 13.6 Å². The van der Waals surface area contributed by atoms with Crippen molar-refractivity contribution >= 4 is 22.6 Å². The average molecular weight is 525 g/mol. The molecule has 204 valence electrons. The molecule has 0 bridgehead atoms. The molecule has 0 fully saturated rings. The van der Waals surface area contributed by atoms with Crippen molar-refractivity contribution in [1.29, 1.82) is 0 Å². The number of methoxy groups -OCH3 is 1. The Morgan fingerprint density at radius 3 is 1.74 bits per heavy atom. The lowest BCUT2D eigenvalue weighted by molar-refractivity contribution is -0.140. The van der Waals surface area contributed by atoms with Gasteiger partial charge in [-0.05, 0) is 79.5 Å². The van der Waals surface area contributed by atoms with Crippen molar-refractivity contribution in [3.05, 3.63) is 23.8 Å². The molecule has 0 saturated heterocycles. The second-order valence-electron chi connectivity index (χ2n) is 13.3. The van der Waals surface area contributed by atoms with Crippen molar-refractivity contribution in [2.45, 2.75) is 148 Å². The van der Waals surface area contributed by atoms with Gasteiger partial charge in [-0.3, -0.25) is 4.79 Å². The standard InChI is InChI=1S/C29H56O4Si2/c1-13-14-19-23-24(20-17-15-16-18-21-27(30)31-8)26(33-35(11,12)29(5,6)7)22-25(23)32-34(9,10)28(2,3)4/h13,25-26H,1,14-22H2,2-12H3. The summed E-state index contributed by atoms with van der Waals surface area (Å²) >= 11 is 0. The molecule has 0 heterocycles. The number of hydrogen-bond acceptors (Lipinski definition) is 4. The molecule has 0 spiro atoms. The van der Waals surface area contributed by atoms with Crippen LogP contribution >= 0.6 is 0 Å². The van der Waals surface area contributed by atoms with Crippen LogP contribution in [0.3, 0.4) is 0 Å². The molecule has 0 aromatic heterocycles. The summed E-state index contributed by atoms with van der Waals surface area (Å²) in [7, 11) is -2.38. The van der Waals surface area contributed by atoms with Crippen LogP contribution in [0.25, 0.3) is 0 Å². The molecule has 2 atom stereocenters. The summed E-state index contributed by atoms with van der Waals surface area (Å²) in [5.41, 5.74) is 2.97. The van der Waals surface area contributed by atoms with E-state index in [9.17, 15) is 4.79 Å². The lowest BCUT2D eigenvalue weighted by Gasteiger charge is -2.40. The van der Waals surface area contributed by atoms with E-state index in [1.54, 1.807) is 0 Å². The zero-order valence-electron chi connectivity index (χ0n) is 24.9. The Balaban J connectivity index is 3.15. The highest BCUT2D eigenvalue weighted by Gasteiger charge is 2.46. The molecule has 0 N–H and O–H groups in total. The Morgan fingerprint density at radius 1 is 0.857 bits per heavy atom. The minimum Gasteiger partial charge on any atom is -0.469 e. The summed E-state index contributed by atoms with van der Waals surface area (Å²) in [5.74, 6) is -0.108. The molecule has 6 heteroatoms. The lowest BCUT2D eigenvalue weighted by Crippen LogP contribution is -2.45. The molecule has 4 nitrogen and oxygen atoms in total. The number of esters is 1. The van der Waals surface area contributed by atoms with E-state index in [-0.39, 0.29) is 28.3 Å². The van der Waals surface area contributed by atoms with Gasteiger partial charge in [0.2, 0.25) is 0 Å². The van der Waals surface area contributed by atoms with Gasteiger partial charge in [-0.2, -0.15) is 0 Å². The van der Waals surface area contributed by atoms with E-state index in [2.05, 4.69) is 74.3 Å². The maximum Gasteiger partial charge on any atom is 0.305 e. The van der Waals surface area contributed by atoms with Crippen molar-refractivity contribution in [2.75, 3.05) is 7.11 Å². The molecule has 0 aromatic rings. The van der Waals surface area contributed by atoms with Gasteiger partial charge in [0, 0.05) is 12.8 Å². The minimum absolute atomic E-state index is 0.108. The van der Waals surface area contributed by atoms with E-state index in [0.717, 1.165) is 51.4 Å². The molecule has 1 rings (SSSR count). The molecule has 0 aliphatic heterocycles. The van der Waals surface area contributed by atoms with Gasteiger partial charge in [-0.15, -0.1) is 6.58 Å². The average Bonchev–Trinajstić information content (AvgIpc) is 3.01. The number of allylic oxidation sites excluding steroid dienone is 1. The summed E-state index contributed by atoms with van der Waals surface area (Å²) in [6.07, 6.45) is 11.0. The third-order valence-corrected chi connectivity index (χ3v) is 17.5. The van der Waals surface area contributed by atoms with Gasteiger partial charge >= 0.3 is 5.97 Å². The maximum absolute atomic E-state index is 11.4. The SMILES string of the molecule is C=CCCC1=C(CCCCCCC(=O)OC)C(O[Si](C)(C)C(C)(C)C)CC1O[Si](C)(C)C(C)(C)C. The van der Waals surface area contributed by atoms with E-state index in [1.807, 2.05) is 6.08 Å². The van der Waals surface area contributed by atoms with E-state index >= 15 is 0 Å². The van der Waals surface area contributed by atoms with Gasteiger partial charge in [0.15, 0.2) is 16.6 Å². The third-order valence-electron chi connectivity index (χ3n) is 8.53. The van der Waals surface area contributed by atoms with Crippen LogP contribution in [0.5, 0.6) is 0 Å². The van der Waals surface area contributed by atoms with Crippen molar-refractivity contribution < 1.29 is 18.4 Å². The number of carbonyl (C=O) groups is 1. The predicted octanol–water partition coefficient (Wildman–Crippen LogP) is 8.95. The number of ether oxygens (including phenoxy) is 1. The highest BCUT2D eigenvalue weighted by molar-refractivity contribution is 6.74. The fraction of sp³-hybridized carbons (Fsp3) is 0.828. The first-order chi connectivity index (χ1) is 16.0. The van der Waals surface area contributed by atoms with Crippen LogP contribution in [0.2, 0.25) is 36.3 Å². The van der Waals surface area contributed by atoms with Crippen LogP contribution in [0.15, 0.2) is 23.8 Å². The number of hydrogen-bond donors (Lipinski definition) is 0. The number of rotatable bonds is 14. The lowest BCUT2D eigenvalue weighted by atomic mass is 9.98. The van der Waals surface area contributed by atoms with Crippen molar-refractivity contribution in [3.8, 4) is 0 Å². The van der Waals surface area contributed by atoms with Gasteiger partial charge in [-0.25, -0.2) is 0 Å². The summed E-state index contributed by atoms with van der Waals surface area (Å²) in [5, 5.41) is 0.348. The van der Waals surface area contributed by atoms with Crippen LogP contribution < -0.4 is 0 Å². The minimum atomic E-state index is -1.92. The van der Waals surface area contributed by atoms with Crippen LogP contribution in [0.4, 0.5) is 0 Å². The predicted molar refractivity (Wildman–Crippen MR) is 155 cm³/mol. The van der Waals surface area contributed by atoms with Crippen molar-refractivity contribution in [2.24, 2.45) is 0 Å². The Morgan fingerprint density at radius 2 is 1.31 bits per heavy atom. The molecule has 35 heavy (non-hydrogen) atoms. The van der Waals surface area contributed by atoms with Gasteiger partial charge in [-0.1, -0.05) is 60.5 Å². The Kier molecular flexibility index (Phi) is 12.2. The Labute approximate surface area is 219 Å². The summed E-state index contributed by atoms with van der Waals surface area (Å²) in [6, 6.07) is 0. The van der Waals surface area contributed by atoms with E-state index < -0.39 is 16.6 Å². The van der Waals surface area contributed by atoms with Crippen LogP contribution in [0, 0.1) is 0 Å². The number of carbonyl (C=O) groups excluding carboxylic acids is 1. The van der Waals surface area contributed by atoms with Crippen LogP contribution in [-0.2, 0) is 18.4 Å². The molecule has 0 aromatic carbocycles. The first kappa shape index (κ1) is 32.3. The van der Waals surface area contributed by atoms with E-state index in [4.69, 9.17) is 13.6 Å². The van der Waals surface area contributed by atoms with Crippen molar-refractivity contribution in [3.63, 3.8) is 0 Å². The molecule has 0 radical (unpaired) electrons. The molecule has 0 saturated carbocycles. The first-order valence-electron chi connectivity index (χ1n) is 13.7. The quantitative estimate of drug-likeness (QED) is 0.0984. The van der Waals surface area contributed by atoms with Crippen LogP contribution in [-0.4, -0.2) is 41.9 Å². The second kappa shape index (κ2) is 13.2. The van der Waals surface area contributed by atoms with Crippen molar-refractivity contribution in [1.82, 2.24) is 0 Å². The normalized spacial score (nSPS) is 19.9. The fourth-order valence-electron chi connectivity index (χ4n) is 4.14. The van der Waals surface area contributed by atoms with Crippen LogP contribution in [0.1, 0.15) is 99.3 Å². The van der Waals surface area contributed by atoms with E-state index in [0.29, 0.717) is 6.42 Å². The number of unbranched alkanes of at least 4 members (excludes halogenated alkanes) is 3. The Bertz CT molecular complexity index is 726. The molecular formula is C29H56O4Si2. The molecule has 2 unspecified atom stereocenters. The zero-order valence-corrected chi connectivity index (χ0v) is 26.9. The third kappa shape index (κ3) is 9.60. The fourth-order valence-corrected chi connectivity index (χ4v) is 6.74. The van der Waals surface area contributed by atoms with E-state index in [1.165, 1.54) is 18.3 Å². The van der Waals surface area contributed by atoms with Gasteiger partial charge in [0.25, 0.3) is 0 Å². The first-order valence-corrected chi connectivity index (χ1v) is 19.5. The summed E-state index contributed by atoms with van der Waals surface area (Å²) in [6.45, 7) is 27.4. The maximum atomic E-state index is 11.4. The summed E-state index contributed by atoms with van der Waals surface area (Å²) < 4.78 is 18.9. The van der Waals surface area contributed by atoms with Gasteiger partial charge in [0.1, 0.15) is 0 Å². The van der Waals surface area contributed by atoms with Gasteiger partial charge in [0.05, 0.1) is 19.3 Å².